The summed E-state index contributed by atoms with van der Waals surface area (Å²) in [6.45, 7) is 3.14. The zero-order valence-corrected chi connectivity index (χ0v) is 11.8. The second-order valence-electron chi connectivity index (χ2n) is 3.84. The van der Waals surface area contributed by atoms with Crippen LogP contribution in [0.5, 0.6) is 0 Å². The number of benzene rings is 1. The Morgan fingerprint density at radius 1 is 1.22 bits per heavy atom. The van der Waals surface area contributed by atoms with Crippen LogP contribution >= 0.6 is 22.6 Å². The summed E-state index contributed by atoms with van der Waals surface area (Å²) in [6, 6.07) is 3.99. The van der Waals surface area contributed by atoms with Gasteiger partial charge in [0, 0.05) is 5.56 Å². The molecule has 0 aliphatic heterocycles. The van der Waals surface area contributed by atoms with Crippen LogP contribution in [0.1, 0.15) is 16.9 Å². The monoisotopic (exact) mass is 367 g/mol. The Hall–Kier alpha value is -1.05. The molecule has 0 aliphatic carbocycles. The van der Waals surface area contributed by atoms with E-state index in [1.54, 1.807) is 13.0 Å². The number of aromatic nitrogens is 1. The molecule has 1 aromatic heterocycles. The fourth-order valence-corrected chi connectivity index (χ4v) is 2.00. The van der Waals surface area contributed by atoms with Gasteiger partial charge in [-0.1, -0.05) is 6.07 Å². The molecule has 0 bridgehead atoms. The topological polar surface area (TPSA) is 26.0 Å². The predicted molar refractivity (Wildman–Crippen MR) is 69.1 cm³/mol. The van der Waals surface area contributed by atoms with Crippen molar-refractivity contribution in [3.63, 3.8) is 0 Å². The third-order valence-electron chi connectivity index (χ3n) is 2.61. The van der Waals surface area contributed by atoms with E-state index in [9.17, 15) is 13.2 Å². The molecule has 0 aliphatic rings. The van der Waals surface area contributed by atoms with E-state index >= 15 is 0 Å². The normalized spacial score (nSPS) is 11.9. The number of hydrogen-bond acceptors (Lipinski definition) is 2. The fraction of sp³-hybridized carbons (Fsp3) is 0.250. The van der Waals surface area contributed by atoms with Crippen LogP contribution in [-0.2, 0) is 6.18 Å². The molecular formula is C12H9F3INO. The van der Waals surface area contributed by atoms with Gasteiger partial charge in [-0.3, -0.25) is 0 Å². The van der Waals surface area contributed by atoms with Gasteiger partial charge < -0.3 is 4.42 Å². The molecule has 6 heteroatoms. The van der Waals surface area contributed by atoms with Crippen molar-refractivity contribution in [1.82, 2.24) is 4.98 Å². The van der Waals surface area contributed by atoms with Crippen LogP contribution in [-0.4, -0.2) is 4.98 Å². The number of halogens is 4. The van der Waals surface area contributed by atoms with Gasteiger partial charge in [0.1, 0.15) is 9.46 Å². The molecule has 2 aromatic rings. The maximum atomic E-state index is 12.8. The number of rotatable bonds is 1. The molecule has 0 unspecified atom stereocenters. The first-order valence-electron chi connectivity index (χ1n) is 5.11. The van der Waals surface area contributed by atoms with Crippen LogP contribution in [0.4, 0.5) is 13.2 Å². The van der Waals surface area contributed by atoms with Crippen molar-refractivity contribution < 1.29 is 17.6 Å². The first kappa shape index (κ1) is 13.4. The summed E-state index contributed by atoms with van der Waals surface area (Å²) >= 11 is 1.98. The highest BCUT2D eigenvalue weighted by Gasteiger charge is 2.33. The van der Waals surface area contributed by atoms with E-state index in [-0.39, 0.29) is 11.5 Å². The minimum Gasteiger partial charge on any atom is -0.440 e. The number of oxazole rings is 1. The summed E-state index contributed by atoms with van der Waals surface area (Å²) in [5, 5.41) is 0. The molecule has 0 amide bonds. The molecule has 0 radical (unpaired) electrons. The van der Waals surface area contributed by atoms with Gasteiger partial charge in [0.05, 0.1) is 5.56 Å². The van der Waals surface area contributed by atoms with Gasteiger partial charge in [-0.25, -0.2) is 4.98 Å². The van der Waals surface area contributed by atoms with E-state index in [1.165, 1.54) is 13.0 Å². The first-order valence-corrected chi connectivity index (χ1v) is 6.18. The summed E-state index contributed by atoms with van der Waals surface area (Å²) in [4.78, 5) is 4.12. The van der Waals surface area contributed by atoms with Crippen molar-refractivity contribution in [2.24, 2.45) is 0 Å². The van der Waals surface area contributed by atoms with Crippen LogP contribution in [0.15, 0.2) is 22.6 Å². The summed E-state index contributed by atoms with van der Waals surface area (Å²) in [7, 11) is 0. The van der Waals surface area contributed by atoms with Gasteiger partial charge in [-0.05, 0) is 54.1 Å². The second-order valence-corrected chi connectivity index (χ2v) is 4.86. The van der Waals surface area contributed by atoms with E-state index in [0.29, 0.717) is 15.0 Å². The lowest BCUT2D eigenvalue weighted by Crippen LogP contribution is -2.08. The Labute approximate surface area is 115 Å². The van der Waals surface area contributed by atoms with E-state index in [4.69, 9.17) is 4.42 Å². The van der Waals surface area contributed by atoms with Gasteiger partial charge in [0.15, 0.2) is 0 Å². The lowest BCUT2D eigenvalue weighted by molar-refractivity contribution is -0.138. The van der Waals surface area contributed by atoms with Crippen LogP contribution in [0.3, 0.4) is 0 Å². The minimum absolute atomic E-state index is 0.127. The molecule has 96 valence electrons. The highest BCUT2D eigenvalue weighted by Crippen LogP contribution is 2.36. The summed E-state index contributed by atoms with van der Waals surface area (Å²) in [6.07, 6.45) is -4.37. The summed E-state index contributed by atoms with van der Waals surface area (Å²) < 4.78 is 44.3. The molecule has 0 spiro atoms. The number of alkyl halides is 3. The summed E-state index contributed by atoms with van der Waals surface area (Å²) in [5.41, 5.74) is -0.163. The lowest BCUT2D eigenvalue weighted by atomic mass is 10.0. The Morgan fingerprint density at radius 2 is 1.89 bits per heavy atom. The molecule has 0 saturated carbocycles. The largest absolute Gasteiger partial charge is 0.440 e. The zero-order chi connectivity index (χ0) is 13.5. The number of aryl methyl sites for hydroxylation is 1. The molecular weight excluding hydrogens is 358 g/mol. The fourth-order valence-electron chi connectivity index (χ4n) is 1.67. The Bertz CT molecular complexity index is 570. The van der Waals surface area contributed by atoms with E-state index in [1.807, 2.05) is 22.6 Å². The highest BCUT2D eigenvalue weighted by atomic mass is 127. The van der Waals surface area contributed by atoms with Gasteiger partial charge in [-0.15, -0.1) is 0 Å². The molecule has 0 saturated heterocycles. The second kappa shape index (κ2) is 4.56. The molecule has 18 heavy (non-hydrogen) atoms. The predicted octanol–water partition coefficient (Wildman–Crippen LogP) is 4.58. The van der Waals surface area contributed by atoms with Crippen molar-refractivity contribution >= 4 is 22.6 Å². The molecule has 0 fully saturated rings. The smallest absolute Gasteiger partial charge is 0.416 e. The van der Waals surface area contributed by atoms with E-state index in [2.05, 4.69) is 4.98 Å². The van der Waals surface area contributed by atoms with Crippen molar-refractivity contribution in [3.05, 3.63) is 38.8 Å². The quantitative estimate of drug-likeness (QED) is 0.690. The molecule has 0 atom stereocenters. The maximum absolute atomic E-state index is 12.8. The zero-order valence-electron chi connectivity index (χ0n) is 9.60. The van der Waals surface area contributed by atoms with Crippen LogP contribution in [0.2, 0.25) is 0 Å². The van der Waals surface area contributed by atoms with Crippen LogP contribution in [0, 0.1) is 17.5 Å². The van der Waals surface area contributed by atoms with Crippen LogP contribution < -0.4 is 0 Å². The first-order chi connectivity index (χ1) is 8.30. The van der Waals surface area contributed by atoms with Gasteiger partial charge >= 0.3 is 6.18 Å². The summed E-state index contributed by atoms with van der Waals surface area (Å²) in [5.74, 6) is 0.822. The van der Waals surface area contributed by atoms with E-state index in [0.717, 1.165) is 6.07 Å². The average molecular weight is 367 g/mol. The van der Waals surface area contributed by atoms with Gasteiger partial charge in [0.25, 0.3) is 0 Å². The molecule has 1 aromatic carbocycles. The minimum atomic E-state index is -4.37. The Kier molecular flexibility index (Phi) is 3.39. The third-order valence-corrected chi connectivity index (χ3v) is 3.61. The number of nitrogens with zero attached hydrogens (tertiary/aromatic N) is 1. The Morgan fingerprint density at radius 3 is 2.39 bits per heavy atom. The SMILES string of the molecule is Cc1oc(-c2cccc(C(F)(F)F)c2C)nc1I. The van der Waals surface area contributed by atoms with Crippen molar-refractivity contribution in [2.75, 3.05) is 0 Å². The maximum Gasteiger partial charge on any atom is 0.416 e. The van der Waals surface area contributed by atoms with Crippen LogP contribution in [0.25, 0.3) is 11.5 Å². The average Bonchev–Trinajstić information content (AvgIpc) is 2.57. The van der Waals surface area contributed by atoms with Crippen molar-refractivity contribution in [2.45, 2.75) is 20.0 Å². The molecule has 0 N–H and O–H groups in total. The van der Waals surface area contributed by atoms with Crippen molar-refractivity contribution in [3.8, 4) is 11.5 Å². The lowest BCUT2D eigenvalue weighted by Gasteiger charge is -2.11. The van der Waals surface area contributed by atoms with Gasteiger partial charge in [0.2, 0.25) is 5.89 Å². The molecule has 1 heterocycles. The molecule has 2 rings (SSSR count). The highest BCUT2D eigenvalue weighted by molar-refractivity contribution is 14.1. The number of hydrogen-bond donors (Lipinski definition) is 0. The van der Waals surface area contributed by atoms with Gasteiger partial charge in [-0.2, -0.15) is 13.2 Å². The van der Waals surface area contributed by atoms with E-state index < -0.39 is 11.7 Å². The Balaban J connectivity index is 2.59. The van der Waals surface area contributed by atoms with Crippen molar-refractivity contribution in [1.29, 1.82) is 0 Å². The third kappa shape index (κ3) is 2.38. The molecule has 2 nitrogen and oxygen atoms in total. The standard InChI is InChI=1S/C12H9F3INO/c1-6-8(11-17-10(16)7(2)18-11)4-3-5-9(6)12(13,14)15/h3-5H,1-2H3.